The molecule has 0 unspecified atom stereocenters. The van der Waals surface area contributed by atoms with Crippen molar-refractivity contribution in [3.8, 4) is 11.1 Å². The van der Waals surface area contributed by atoms with Crippen molar-refractivity contribution >= 4 is 17.4 Å². The van der Waals surface area contributed by atoms with E-state index in [1.807, 2.05) is 38.4 Å². The van der Waals surface area contributed by atoms with Crippen LogP contribution in [0.5, 0.6) is 0 Å². The van der Waals surface area contributed by atoms with Crippen molar-refractivity contribution in [2.45, 2.75) is 0 Å². The number of nitrogens with zero attached hydrogens (tertiary/aromatic N) is 4. The molecule has 2 aromatic rings. The van der Waals surface area contributed by atoms with Crippen LogP contribution in [-0.2, 0) is 11.8 Å². The van der Waals surface area contributed by atoms with Gasteiger partial charge in [-0.05, 0) is 6.07 Å². The van der Waals surface area contributed by atoms with Gasteiger partial charge < -0.3 is 15.5 Å². The fourth-order valence-corrected chi connectivity index (χ4v) is 2.60. The Morgan fingerprint density at radius 1 is 1.14 bits per heavy atom. The lowest BCUT2D eigenvalue weighted by atomic mass is 10.0. The summed E-state index contributed by atoms with van der Waals surface area (Å²) in [5.41, 5.74) is 9.03. The summed E-state index contributed by atoms with van der Waals surface area (Å²) in [6, 6.07) is 8.00. The summed E-state index contributed by atoms with van der Waals surface area (Å²) in [6.07, 6.45) is 1.77. The van der Waals surface area contributed by atoms with E-state index < -0.39 is 0 Å². The SMILES string of the molecule is CN1CCN(c2ccccc2-c2cnn(C)c2N)CC1=O. The summed E-state index contributed by atoms with van der Waals surface area (Å²) >= 11 is 0. The molecule has 1 aromatic heterocycles. The summed E-state index contributed by atoms with van der Waals surface area (Å²) in [5.74, 6) is 0.762. The number of piperazine rings is 1. The molecule has 2 heterocycles. The number of nitrogens with two attached hydrogens (primary N) is 1. The second kappa shape index (κ2) is 5.12. The molecular weight excluding hydrogens is 266 g/mol. The third-order valence-electron chi connectivity index (χ3n) is 3.98. The van der Waals surface area contributed by atoms with Gasteiger partial charge in [-0.25, -0.2) is 0 Å². The predicted molar refractivity (Wildman–Crippen MR) is 82.9 cm³/mol. The Balaban J connectivity index is 2.01. The summed E-state index contributed by atoms with van der Waals surface area (Å²) in [6.45, 7) is 1.95. The molecular formula is C15H19N5O. The number of likely N-dealkylation sites (N-methyl/N-ethyl adjacent to an activating group) is 1. The Morgan fingerprint density at radius 3 is 2.57 bits per heavy atom. The number of anilines is 2. The molecule has 0 aliphatic carbocycles. The molecule has 0 bridgehead atoms. The smallest absolute Gasteiger partial charge is 0.241 e. The minimum Gasteiger partial charge on any atom is -0.383 e. The number of hydrogen-bond acceptors (Lipinski definition) is 4. The number of carbonyl (C=O) groups is 1. The van der Waals surface area contributed by atoms with Crippen LogP contribution in [0.3, 0.4) is 0 Å². The molecule has 0 saturated carbocycles. The first-order valence-corrected chi connectivity index (χ1v) is 6.93. The van der Waals surface area contributed by atoms with E-state index in [9.17, 15) is 4.79 Å². The van der Waals surface area contributed by atoms with E-state index in [1.165, 1.54) is 0 Å². The van der Waals surface area contributed by atoms with Crippen LogP contribution in [0.2, 0.25) is 0 Å². The van der Waals surface area contributed by atoms with E-state index in [4.69, 9.17) is 5.73 Å². The highest BCUT2D eigenvalue weighted by molar-refractivity contribution is 5.88. The van der Waals surface area contributed by atoms with Gasteiger partial charge in [0.2, 0.25) is 5.91 Å². The van der Waals surface area contributed by atoms with Crippen LogP contribution in [0.4, 0.5) is 11.5 Å². The van der Waals surface area contributed by atoms with Gasteiger partial charge >= 0.3 is 0 Å². The zero-order valence-electron chi connectivity index (χ0n) is 12.3. The van der Waals surface area contributed by atoms with Gasteiger partial charge in [-0.2, -0.15) is 5.10 Å². The van der Waals surface area contributed by atoms with Crippen molar-refractivity contribution in [2.24, 2.45) is 7.05 Å². The van der Waals surface area contributed by atoms with Gasteiger partial charge in [0.25, 0.3) is 0 Å². The average molecular weight is 285 g/mol. The second-order valence-electron chi connectivity index (χ2n) is 5.32. The molecule has 0 spiro atoms. The molecule has 0 radical (unpaired) electrons. The van der Waals surface area contributed by atoms with Gasteiger partial charge in [-0.15, -0.1) is 0 Å². The van der Waals surface area contributed by atoms with E-state index in [1.54, 1.807) is 15.8 Å². The lowest BCUT2D eigenvalue weighted by molar-refractivity contribution is -0.129. The third-order valence-corrected chi connectivity index (χ3v) is 3.98. The molecule has 0 atom stereocenters. The molecule has 2 N–H and O–H groups in total. The van der Waals surface area contributed by atoms with Crippen LogP contribution < -0.4 is 10.6 Å². The maximum absolute atomic E-state index is 11.9. The lowest BCUT2D eigenvalue weighted by Gasteiger charge is -2.34. The molecule has 110 valence electrons. The number of hydrogen-bond donors (Lipinski definition) is 1. The van der Waals surface area contributed by atoms with E-state index in [-0.39, 0.29) is 5.91 Å². The quantitative estimate of drug-likeness (QED) is 0.892. The van der Waals surface area contributed by atoms with Gasteiger partial charge in [0.1, 0.15) is 5.82 Å². The van der Waals surface area contributed by atoms with Crippen molar-refractivity contribution in [2.75, 3.05) is 37.3 Å². The van der Waals surface area contributed by atoms with Crippen LogP contribution >= 0.6 is 0 Å². The third kappa shape index (κ3) is 2.33. The van der Waals surface area contributed by atoms with Gasteiger partial charge in [-0.3, -0.25) is 9.48 Å². The summed E-state index contributed by atoms with van der Waals surface area (Å²) < 4.78 is 1.65. The minimum atomic E-state index is 0.134. The monoisotopic (exact) mass is 285 g/mol. The normalized spacial score (nSPS) is 15.6. The molecule has 1 fully saturated rings. The first-order chi connectivity index (χ1) is 10.1. The second-order valence-corrected chi connectivity index (χ2v) is 5.32. The van der Waals surface area contributed by atoms with E-state index in [2.05, 4.69) is 10.00 Å². The van der Waals surface area contributed by atoms with Crippen LogP contribution in [0.15, 0.2) is 30.5 Å². The van der Waals surface area contributed by atoms with Crippen LogP contribution in [-0.4, -0.2) is 47.3 Å². The largest absolute Gasteiger partial charge is 0.383 e. The molecule has 21 heavy (non-hydrogen) atoms. The zero-order valence-corrected chi connectivity index (χ0v) is 12.3. The van der Waals surface area contributed by atoms with Crippen molar-refractivity contribution in [3.63, 3.8) is 0 Å². The van der Waals surface area contributed by atoms with Crippen LogP contribution in [0.25, 0.3) is 11.1 Å². The Hall–Kier alpha value is -2.50. The molecule has 1 amide bonds. The first kappa shape index (κ1) is 13.5. The predicted octanol–water partition coefficient (Wildman–Crippen LogP) is 0.948. The summed E-state index contributed by atoms with van der Waals surface area (Å²) in [4.78, 5) is 15.8. The van der Waals surface area contributed by atoms with Gasteiger partial charge in [-0.1, -0.05) is 18.2 Å². The standard InChI is InChI=1S/C15H19N5O/c1-18-7-8-20(10-14(18)21)13-6-4-3-5-11(13)12-9-17-19(2)15(12)16/h3-6,9H,7-8,10,16H2,1-2H3. The zero-order chi connectivity index (χ0) is 15.0. The topological polar surface area (TPSA) is 67.4 Å². The average Bonchev–Trinajstić information content (AvgIpc) is 2.82. The van der Waals surface area contributed by atoms with Crippen LogP contribution in [0, 0.1) is 0 Å². The highest BCUT2D eigenvalue weighted by Crippen LogP contribution is 2.34. The van der Waals surface area contributed by atoms with E-state index in [0.717, 1.165) is 29.9 Å². The molecule has 6 heteroatoms. The van der Waals surface area contributed by atoms with Crippen molar-refractivity contribution in [1.82, 2.24) is 14.7 Å². The van der Waals surface area contributed by atoms with E-state index in [0.29, 0.717) is 12.4 Å². The number of benzene rings is 1. The number of amides is 1. The van der Waals surface area contributed by atoms with Crippen LogP contribution in [0.1, 0.15) is 0 Å². The highest BCUT2D eigenvalue weighted by Gasteiger charge is 2.23. The number of carbonyl (C=O) groups excluding carboxylic acids is 1. The fraction of sp³-hybridized carbons (Fsp3) is 0.333. The van der Waals surface area contributed by atoms with Crippen molar-refractivity contribution < 1.29 is 4.79 Å². The molecule has 3 rings (SSSR count). The lowest BCUT2D eigenvalue weighted by Crippen LogP contribution is -2.48. The Kier molecular flexibility index (Phi) is 3.29. The Labute approximate surface area is 123 Å². The van der Waals surface area contributed by atoms with Gasteiger partial charge in [0.15, 0.2) is 0 Å². The maximum Gasteiger partial charge on any atom is 0.241 e. The first-order valence-electron chi connectivity index (χ1n) is 6.93. The Morgan fingerprint density at radius 2 is 1.90 bits per heavy atom. The number of para-hydroxylation sites is 1. The minimum absolute atomic E-state index is 0.134. The van der Waals surface area contributed by atoms with Gasteiger partial charge in [0, 0.05) is 44.0 Å². The summed E-state index contributed by atoms with van der Waals surface area (Å²) in [5, 5.41) is 4.20. The molecule has 1 aromatic carbocycles. The number of nitrogen functional groups attached to an aromatic ring is 1. The number of aryl methyl sites for hydroxylation is 1. The summed E-state index contributed by atoms with van der Waals surface area (Å²) in [7, 11) is 3.66. The molecule has 6 nitrogen and oxygen atoms in total. The van der Waals surface area contributed by atoms with Gasteiger partial charge in [0.05, 0.1) is 12.7 Å². The molecule has 1 saturated heterocycles. The molecule has 1 aliphatic rings. The molecule has 1 aliphatic heterocycles. The van der Waals surface area contributed by atoms with Crippen molar-refractivity contribution in [1.29, 1.82) is 0 Å². The Bertz CT molecular complexity index is 678. The maximum atomic E-state index is 11.9. The van der Waals surface area contributed by atoms with Crippen molar-refractivity contribution in [3.05, 3.63) is 30.5 Å². The number of aromatic nitrogens is 2. The number of rotatable bonds is 2. The fourth-order valence-electron chi connectivity index (χ4n) is 2.60. The highest BCUT2D eigenvalue weighted by atomic mass is 16.2. The van der Waals surface area contributed by atoms with E-state index >= 15 is 0 Å².